The molecular weight excluding hydrogens is 503 g/mol. The minimum Gasteiger partial charge on any atom is -0.478 e. The highest BCUT2D eigenvalue weighted by molar-refractivity contribution is 7.97. The lowest BCUT2D eigenvalue weighted by molar-refractivity contribution is 0.0696. The summed E-state index contributed by atoms with van der Waals surface area (Å²) in [5, 5.41) is 14.0. The molecule has 38 heavy (non-hydrogen) atoms. The van der Waals surface area contributed by atoms with Crippen LogP contribution in [-0.4, -0.2) is 49.0 Å². The van der Waals surface area contributed by atoms with Gasteiger partial charge in [-0.3, -0.25) is 9.78 Å². The van der Waals surface area contributed by atoms with Gasteiger partial charge in [-0.2, -0.15) is 5.10 Å². The van der Waals surface area contributed by atoms with Crippen molar-refractivity contribution in [1.29, 1.82) is 0 Å². The molecule has 6 rings (SSSR count). The standard InChI is InChI=1S/C29H23FN4O3S/c30-22-7-9-23(10-8-22)34-26-15-21-11-13-33(38-24-5-3-4-19(14-24)28(36)37)18-29(21,16-20(26)17-32-34)27(35)25-6-1-2-12-31-25/h1-10,12,14-15,17H,11,13,16,18H2,(H,36,37). The maximum atomic E-state index is 14.1. The molecule has 1 N–H and O–H groups in total. The number of carbonyl (C=O) groups is 2. The number of carbonyl (C=O) groups excluding carboxylic acids is 1. The second-order valence-electron chi connectivity index (χ2n) is 9.45. The number of aromatic nitrogens is 3. The first kappa shape index (κ1) is 24.3. The summed E-state index contributed by atoms with van der Waals surface area (Å²) in [6, 6.07) is 18.4. The van der Waals surface area contributed by atoms with Gasteiger partial charge in [0.2, 0.25) is 0 Å². The van der Waals surface area contributed by atoms with Crippen LogP contribution in [0.15, 0.2) is 89.6 Å². The van der Waals surface area contributed by atoms with E-state index in [2.05, 4.69) is 20.5 Å². The first-order valence-electron chi connectivity index (χ1n) is 12.2. The number of nitrogens with zero attached hydrogens (tertiary/aromatic N) is 4. The fourth-order valence-corrected chi connectivity index (χ4v) is 6.34. The van der Waals surface area contributed by atoms with Gasteiger partial charge in [-0.15, -0.1) is 0 Å². The Labute approximate surface area is 222 Å². The minimum absolute atomic E-state index is 0.0471. The van der Waals surface area contributed by atoms with Gasteiger partial charge in [-0.25, -0.2) is 18.2 Å². The number of piperidine rings is 1. The molecule has 2 aromatic carbocycles. The van der Waals surface area contributed by atoms with Gasteiger partial charge < -0.3 is 5.11 Å². The zero-order chi connectivity index (χ0) is 26.3. The van der Waals surface area contributed by atoms with E-state index < -0.39 is 11.4 Å². The largest absolute Gasteiger partial charge is 0.478 e. The fraction of sp³-hybridized carbons (Fsp3) is 0.172. The molecule has 1 atom stereocenters. The number of hydrogen-bond donors (Lipinski definition) is 1. The summed E-state index contributed by atoms with van der Waals surface area (Å²) in [7, 11) is 0. The molecule has 0 bridgehead atoms. The molecule has 190 valence electrons. The molecule has 2 aliphatic rings. The van der Waals surface area contributed by atoms with E-state index in [0.717, 1.165) is 27.4 Å². The second kappa shape index (κ2) is 9.66. The van der Waals surface area contributed by atoms with Gasteiger partial charge in [0.25, 0.3) is 0 Å². The molecule has 1 fully saturated rings. The lowest BCUT2D eigenvalue weighted by atomic mass is 9.65. The third-order valence-electron chi connectivity index (χ3n) is 7.10. The Kier molecular flexibility index (Phi) is 6.17. The number of benzene rings is 2. The Morgan fingerprint density at radius 2 is 1.89 bits per heavy atom. The summed E-state index contributed by atoms with van der Waals surface area (Å²) >= 11 is 1.46. The molecule has 0 radical (unpaired) electrons. The third-order valence-corrected chi connectivity index (χ3v) is 8.13. The second-order valence-corrected chi connectivity index (χ2v) is 10.6. The molecular formula is C29H23FN4O3S. The number of aromatic carboxylic acids is 1. The Morgan fingerprint density at radius 1 is 1.05 bits per heavy atom. The van der Waals surface area contributed by atoms with Crippen LogP contribution in [0.3, 0.4) is 0 Å². The van der Waals surface area contributed by atoms with E-state index in [9.17, 15) is 19.1 Å². The number of carboxylic acids is 1. The van der Waals surface area contributed by atoms with Gasteiger partial charge in [-0.05, 0) is 91.0 Å². The van der Waals surface area contributed by atoms with Crippen molar-refractivity contribution in [3.05, 3.63) is 113 Å². The predicted molar refractivity (Wildman–Crippen MR) is 142 cm³/mol. The molecule has 1 unspecified atom stereocenters. The molecule has 1 saturated heterocycles. The van der Waals surface area contributed by atoms with Gasteiger partial charge in [-0.1, -0.05) is 17.7 Å². The Bertz CT molecular complexity index is 1570. The van der Waals surface area contributed by atoms with Crippen LogP contribution in [0.4, 0.5) is 4.39 Å². The maximum absolute atomic E-state index is 14.1. The third kappa shape index (κ3) is 4.33. The van der Waals surface area contributed by atoms with Gasteiger partial charge in [0, 0.05) is 24.2 Å². The van der Waals surface area contributed by atoms with E-state index in [0.29, 0.717) is 31.6 Å². The van der Waals surface area contributed by atoms with Crippen molar-refractivity contribution in [3.63, 3.8) is 0 Å². The van der Waals surface area contributed by atoms with Crippen LogP contribution >= 0.6 is 11.9 Å². The first-order chi connectivity index (χ1) is 18.4. The summed E-state index contributed by atoms with van der Waals surface area (Å²) < 4.78 is 17.4. The van der Waals surface area contributed by atoms with Crippen LogP contribution < -0.4 is 0 Å². The topological polar surface area (TPSA) is 88.3 Å². The highest BCUT2D eigenvalue weighted by Gasteiger charge is 2.49. The van der Waals surface area contributed by atoms with E-state index >= 15 is 0 Å². The predicted octanol–water partition coefficient (Wildman–Crippen LogP) is 5.33. The number of halogens is 1. The number of fused-ring (bicyclic) bond motifs is 2. The van der Waals surface area contributed by atoms with Crippen molar-refractivity contribution in [2.75, 3.05) is 13.1 Å². The molecule has 3 heterocycles. The minimum atomic E-state index is -0.976. The van der Waals surface area contributed by atoms with Crippen LogP contribution in [-0.2, 0) is 6.42 Å². The molecule has 0 saturated carbocycles. The molecule has 7 nitrogen and oxygen atoms in total. The van der Waals surface area contributed by atoms with Gasteiger partial charge in [0.15, 0.2) is 5.78 Å². The Hall–Kier alpha value is -4.08. The molecule has 2 aromatic heterocycles. The van der Waals surface area contributed by atoms with E-state index in [1.54, 1.807) is 59.5 Å². The van der Waals surface area contributed by atoms with Crippen molar-refractivity contribution in [2.45, 2.75) is 17.7 Å². The highest BCUT2D eigenvalue weighted by Crippen LogP contribution is 2.48. The average molecular weight is 527 g/mol. The van der Waals surface area contributed by atoms with E-state index in [-0.39, 0.29) is 17.2 Å². The number of hydrogen-bond acceptors (Lipinski definition) is 6. The zero-order valence-electron chi connectivity index (χ0n) is 20.3. The smallest absolute Gasteiger partial charge is 0.335 e. The van der Waals surface area contributed by atoms with E-state index in [1.807, 2.05) is 12.1 Å². The normalized spacial score (nSPS) is 18.8. The van der Waals surface area contributed by atoms with Crippen molar-refractivity contribution < 1.29 is 19.1 Å². The van der Waals surface area contributed by atoms with Crippen molar-refractivity contribution in [3.8, 4) is 5.69 Å². The number of Topliss-reactive ketones (excluding diaryl/α,β-unsaturated/α-hetero) is 1. The number of ketones is 1. The van der Waals surface area contributed by atoms with Crippen LogP contribution in [0.1, 0.15) is 38.5 Å². The summed E-state index contributed by atoms with van der Waals surface area (Å²) in [6.07, 6.45) is 6.57. The Morgan fingerprint density at radius 3 is 2.66 bits per heavy atom. The number of carboxylic acid groups (broad SMARTS) is 1. The van der Waals surface area contributed by atoms with Crippen LogP contribution in [0.5, 0.6) is 0 Å². The molecule has 9 heteroatoms. The Balaban J connectivity index is 1.38. The van der Waals surface area contributed by atoms with Gasteiger partial charge in [0.1, 0.15) is 11.5 Å². The monoisotopic (exact) mass is 526 g/mol. The van der Waals surface area contributed by atoms with E-state index in [1.165, 1.54) is 24.1 Å². The molecule has 1 aliphatic carbocycles. The number of pyridine rings is 1. The average Bonchev–Trinajstić information content (AvgIpc) is 3.34. The lowest BCUT2D eigenvalue weighted by Gasteiger charge is -2.44. The quantitative estimate of drug-likeness (QED) is 0.269. The summed E-state index contributed by atoms with van der Waals surface area (Å²) in [5.74, 6) is -1.34. The van der Waals surface area contributed by atoms with Crippen LogP contribution in [0, 0.1) is 11.2 Å². The van der Waals surface area contributed by atoms with E-state index in [4.69, 9.17) is 0 Å². The maximum Gasteiger partial charge on any atom is 0.335 e. The van der Waals surface area contributed by atoms with Gasteiger partial charge in [0.05, 0.1) is 28.6 Å². The zero-order valence-corrected chi connectivity index (χ0v) is 21.1. The van der Waals surface area contributed by atoms with Crippen LogP contribution in [0.2, 0.25) is 0 Å². The SMILES string of the molecule is O=C(O)c1cccc(SN2CCC3=Cc4c(cnn4-c4ccc(F)cc4)CC3(C(=O)c3ccccn3)C2)c1. The van der Waals surface area contributed by atoms with Crippen LogP contribution in [0.25, 0.3) is 11.8 Å². The van der Waals surface area contributed by atoms with Crippen molar-refractivity contribution >= 4 is 29.8 Å². The molecule has 4 aromatic rings. The number of rotatable bonds is 6. The molecule has 0 spiro atoms. The summed E-state index contributed by atoms with van der Waals surface area (Å²) in [5.41, 5.74) is 3.39. The molecule has 1 aliphatic heterocycles. The first-order valence-corrected chi connectivity index (χ1v) is 13.0. The van der Waals surface area contributed by atoms with Crippen molar-refractivity contribution in [2.24, 2.45) is 5.41 Å². The highest BCUT2D eigenvalue weighted by atomic mass is 32.2. The van der Waals surface area contributed by atoms with Crippen molar-refractivity contribution in [1.82, 2.24) is 19.1 Å². The lowest BCUT2D eigenvalue weighted by Crippen LogP contribution is -2.49. The summed E-state index contributed by atoms with van der Waals surface area (Å²) in [6.45, 7) is 1.13. The molecule has 0 amide bonds. The fourth-order valence-electron chi connectivity index (χ4n) is 5.26. The summed E-state index contributed by atoms with van der Waals surface area (Å²) in [4.78, 5) is 30.8. The van der Waals surface area contributed by atoms with Gasteiger partial charge >= 0.3 is 5.97 Å².